The predicted octanol–water partition coefficient (Wildman–Crippen LogP) is 3.56. The van der Waals surface area contributed by atoms with E-state index in [0.717, 1.165) is 16.7 Å². The van der Waals surface area contributed by atoms with Crippen molar-refractivity contribution in [3.8, 4) is 0 Å². The number of esters is 1. The van der Waals surface area contributed by atoms with Gasteiger partial charge >= 0.3 is 12.0 Å². The van der Waals surface area contributed by atoms with Gasteiger partial charge in [0.2, 0.25) is 0 Å². The van der Waals surface area contributed by atoms with Gasteiger partial charge in [0.25, 0.3) is 0 Å². The molecule has 5 nitrogen and oxygen atoms in total. The summed E-state index contributed by atoms with van der Waals surface area (Å²) in [6, 6.07) is 14.7. The van der Waals surface area contributed by atoms with Crippen molar-refractivity contribution >= 4 is 12.0 Å². The molecular formula is C20H24N2O3. The number of rotatable bonds is 6. The second-order valence-electron chi connectivity index (χ2n) is 6.18. The first-order valence-electron chi connectivity index (χ1n) is 8.30. The van der Waals surface area contributed by atoms with E-state index in [1.54, 1.807) is 24.3 Å². The number of hydrogen-bond donors (Lipinski definition) is 2. The molecule has 0 unspecified atom stereocenters. The van der Waals surface area contributed by atoms with Crippen molar-refractivity contribution in [3.63, 3.8) is 0 Å². The van der Waals surface area contributed by atoms with Crippen LogP contribution < -0.4 is 10.6 Å². The molecule has 132 valence electrons. The summed E-state index contributed by atoms with van der Waals surface area (Å²) in [6.07, 6.45) is 0. The van der Waals surface area contributed by atoms with Crippen LogP contribution in [0.25, 0.3) is 0 Å². The summed E-state index contributed by atoms with van der Waals surface area (Å²) in [7, 11) is 0. The molecule has 0 aliphatic rings. The summed E-state index contributed by atoms with van der Waals surface area (Å²) in [5, 5.41) is 5.52. The van der Waals surface area contributed by atoms with Crippen molar-refractivity contribution in [2.45, 2.75) is 40.0 Å². The summed E-state index contributed by atoms with van der Waals surface area (Å²) in [6.45, 7) is 6.44. The van der Waals surface area contributed by atoms with Gasteiger partial charge < -0.3 is 15.4 Å². The van der Waals surface area contributed by atoms with Crippen LogP contribution in [-0.4, -0.2) is 18.0 Å². The van der Waals surface area contributed by atoms with Gasteiger partial charge in [-0.1, -0.05) is 36.4 Å². The van der Waals surface area contributed by atoms with Crippen LogP contribution in [0.2, 0.25) is 0 Å². The van der Waals surface area contributed by atoms with Gasteiger partial charge in [-0.2, -0.15) is 0 Å². The van der Waals surface area contributed by atoms with E-state index in [2.05, 4.69) is 10.6 Å². The molecule has 5 heteroatoms. The fourth-order valence-corrected chi connectivity index (χ4v) is 2.25. The second-order valence-corrected chi connectivity index (χ2v) is 6.18. The van der Waals surface area contributed by atoms with E-state index < -0.39 is 0 Å². The maximum absolute atomic E-state index is 12.1. The van der Waals surface area contributed by atoms with Crippen molar-refractivity contribution in [1.29, 1.82) is 0 Å². The Morgan fingerprint density at radius 2 is 1.72 bits per heavy atom. The van der Waals surface area contributed by atoms with Gasteiger partial charge in [-0.25, -0.2) is 9.59 Å². The average molecular weight is 340 g/mol. The highest BCUT2D eigenvalue weighted by atomic mass is 16.5. The second kappa shape index (κ2) is 8.87. The van der Waals surface area contributed by atoms with E-state index >= 15 is 0 Å². The molecular weight excluding hydrogens is 316 g/mol. The fourth-order valence-electron chi connectivity index (χ4n) is 2.25. The Morgan fingerprint density at radius 1 is 1.04 bits per heavy atom. The van der Waals surface area contributed by atoms with Gasteiger partial charge in [0, 0.05) is 12.6 Å². The maximum Gasteiger partial charge on any atom is 0.338 e. The van der Waals surface area contributed by atoms with Gasteiger partial charge in [0.05, 0.1) is 5.56 Å². The summed E-state index contributed by atoms with van der Waals surface area (Å²) >= 11 is 0. The van der Waals surface area contributed by atoms with E-state index in [1.807, 2.05) is 45.0 Å². The van der Waals surface area contributed by atoms with Gasteiger partial charge in [-0.05, 0) is 49.6 Å². The Bertz CT molecular complexity index is 724. The zero-order valence-corrected chi connectivity index (χ0v) is 14.8. The number of hydrogen-bond acceptors (Lipinski definition) is 3. The average Bonchev–Trinajstić information content (AvgIpc) is 2.59. The molecule has 2 aromatic rings. The topological polar surface area (TPSA) is 67.4 Å². The van der Waals surface area contributed by atoms with E-state index in [9.17, 15) is 9.59 Å². The van der Waals surface area contributed by atoms with Crippen LogP contribution in [0.1, 0.15) is 40.9 Å². The molecule has 2 aromatic carbocycles. The zero-order chi connectivity index (χ0) is 18.2. The molecule has 0 radical (unpaired) electrons. The zero-order valence-electron chi connectivity index (χ0n) is 14.8. The minimum Gasteiger partial charge on any atom is -0.457 e. The summed E-state index contributed by atoms with van der Waals surface area (Å²) in [4.78, 5) is 23.7. The molecule has 0 heterocycles. The fraction of sp³-hybridized carbons (Fsp3) is 0.300. The van der Waals surface area contributed by atoms with Crippen molar-refractivity contribution in [2.75, 3.05) is 0 Å². The molecule has 2 rings (SSSR count). The molecule has 0 spiro atoms. The molecule has 0 aliphatic carbocycles. The maximum atomic E-state index is 12.1. The van der Waals surface area contributed by atoms with E-state index in [4.69, 9.17) is 4.74 Å². The SMILES string of the molecule is Cc1ccccc1COC(=O)c1ccc(CNC(=O)NC(C)C)cc1. The Balaban J connectivity index is 1.85. The highest BCUT2D eigenvalue weighted by Crippen LogP contribution is 2.11. The predicted molar refractivity (Wildman–Crippen MR) is 97.2 cm³/mol. The quantitative estimate of drug-likeness (QED) is 0.790. The lowest BCUT2D eigenvalue weighted by Gasteiger charge is -2.10. The number of aryl methyl sites for hydroxylation is 1. The molecule has 0 saturated carbocycles. The molecule has 0 saturated heterocycles. The molecule has 0 fully saturated rings. The van der Waals surface area contributed by atoms with Crippen LogP contribution in [0.4, 0.5) is 4.79 Å². The summed E-state index contributed by atoms with van der Waals surface area (Å²) in [5.41, 5.74) is 3.49. The number of carbonyl (C=O) groups excluding carboxylic acids is 2. The number of urea groups is 1. The third-order valence-electron chi connectivity index (χ3n) is 3.68. The Morgan fingerprint density at radius 3 is 2.36 bits per heavy atom. The van der Waals surface area contributed by atoms with E-state index in [1.165, 1.54) is 0 Å². The molecule has 0 aliphatic heterocycles. The van der Waals surface area contributed by atoms with Gasteiger partial charge in [0.15, 0.2) is 0 Å². The third-order valence-corrected chi connectivity index (χ3v) is 3.68. The van der Waals surface area contributed by atoms with Crippen LogP contribution in [0.15, 0.2) is 48.5 Å². The monoisotopic (exact) mass is 340 g/mol. The molecule has 25 heavy (non-hydrogen) atoms. The minimum atomic E-state index is -0.361. The van der Waals surface area contributed by atoms with Crippen molar-refractivity contribution in [1.82, 2.24) is 10.6 Å². The lowest BCUT2D eigenvalue weighted by atomic mass is 10.1. The number of benzene rings is 2. The van der Waals surface area contributed by atoms with Crippen LogP contribution in [0, 0.1) is 6.92 Å². The molecule has 2 N–H and O–H groups in total. The highest BCUT2D eigenvalue weighted by molar-refractivity contribution is 5.89. The number of amides is 2. The smallest absolute Gasteiger partial charge is 0.338 e. The van der Waals surface area contributed by atoms with Crippen LogP contribution in [0.3, 0.4) is 0 Å². The van der Waals surface area contributed by atoms with Crippen LogP contribution in [0.5, 0.6) is 0 Å². The highest BCUT2D eigenvalue weighted by Gasteiger charge is 2.09. The number of nitrogens with one attached hydrogen (secondary N) is 2. The van der Waals surface area contributed by atoms with Gasteiger partial charge in [-0.15, -0.1) is 0 Å². The van der Waals surface area contributed by atoms with E-state index in [-0.39, 0.29) is 24.6 Å². The molecule has 0 atom stereocenters. The van der Waals surface area contributed by atoms with Crippen molar-refractivity contribution < 1.29 is 14.3 Å². The molecule has 0 aromatic heterocycles. The Kier molecular flexibility index (Phi) is 6.57. The normalized spacial score (nSPS) is 10.4. The first kappa shape index (κ1) is 18.5. The molecule has 2 amide bonds. The third kappa shape index (κ3) is 5.95. The Hall–Kier alpha value is -2.82. The summed E-state index contributed by atoms with van der Waals surface area (Å²) < 4.78 is 5.36. The van der Waals surface area contributed by atoms with Gasteiger partial charge in [-0.3, -0.25) is 0 Å². The standard InChI is InChI=1S/C20H24N2O3/c1-14(2)22-20(24)21-12-16-8-10-17(11-9-16)19(23)25-13-18-7-5-4-6-15(18)3/h4-11,14H,12-13H2,1-3H3,(H2,21,22,24). The van der Waals surface area contributed by atoms with E-state index in [0.29, 0.717) is 12.1 Å². The minimum absolute atomic E-state index is 0.0883. The largest absolute Gasteiger partial charge is 0.457 e. The lowest BCUT2D eigenvalue weighted by Crippen LogP contribution is -2.39. The number of carbonyl (C=O) groups is 2. The lowest BCUT2D eigenvalue weighted by molar-refractivity contribution is 0.0472. The van der Waals surface area contributed by atoms with Gasteiger partial charge in [0.1, 0.15) is 6.61 Å². The first-order chi connectivity index (χ1) is 12.0. The number of ether oxygens (including phenoxy) is 1. The van der Waals surface area contributed by atoms with Crippen LogP contribution in [-0.2, 0) is 17.9 Å². The summed E-state index contributed by atoms with van der Waals surface area (Å²) in [5.74, 6) is -0.361. The Labute approximate surface area is 148 Å². The van der Waals surface area contributed by atoms with Crippen molar-refractivity contribution in [3.05, 3.63) is 70.8 Å². The van der Waals surface area contributed by atoms with Crippen molar-refractivity contribution in [2.24, 2.45) is 0 Å². The first-order valence-corrected chi connectivity index (χ1v) is 8.30. The molecule has 0 bridgehead atoms. The van der Waals surface area contributed by atoms with Crippen LogP contribution >= 0.6 is 0 Å².